The van der Waals surface area contributed by atoms with Gasteiger partial charge in [-0.05, 0) is 50.8 Å². The fourth-order valence-corrected chi connectivity index (χ4v) is 6.62. The Bertz CT molecular complexity index is 1110. The maximum absolute atomic E-state index is 13.2. The number of nitrogens with zero attached hydrogens (tertiary/aromatic N) is 2. The summed E-state index contributed by atoms with van der Waals surface area (Å²) in [6.07, 6.45) is 6.86. The minimum absolute atomic E-state index is 0.0982. The molecule has 3 rings (SSSR count). The number of sulfone groups is 1. The van der Waals surface area contributed by atoms with Gasteiger partial charge in [0.1, 0.15) is 9.96 Å². The van der Waals surface area contributed by atoms with E-state index in [0.29, 0.717) is 13.0 Å². The molecule has 1 aliphatic carbocycles. The number of anilines is 1. The second-order valence-corrected chi connectivity index (χ2v) is 12.6. The van der Waals surface area contributed by atoms with Gasteiger partial charge >= 0.3 is 12.0 Å². The van der Waals surface area contributed by atoms with Crippen LogP contribution in [0.2, 0.25) is 0 Å². The Morgan fingerprint density at radius 3 is 2.44 bits per heavy atom. The van der Waals surface area contributed by atoms with Gasteiger partial charge in [0.2, 0.25) is 9.84 Å². The molecular weight excluding hydrogens is 478 g/mol. The highest BCUT2D eigenvalue weighted by atomic mass is 32.2. The lowest BCUT2D eigenvalue weighted by Crippen LogP contribution is -2.45. The molecule has 2 N–H and O–H groups in total. The smallest absolute Gasteiger partial charge is 0.324 e. The number of benzene rings is 1. The first-order valence-electron chi connectivity index (χ1n) is 11.2. The number of aromatic nitrogens is 1. The zero-order valence-electron chi connectivity index (χ0n) is 19.6. The van der Waals surface area contributed by atoms with Crippen LogP contribution in [0.25, 0.3) is 0 Å². The van der Waals surface area contributed by atoms with Crippen LogP contribution in [0, 0.1) is 0 Å². The maximum atomic E-state index is 13.2. The van der Waals surface area contributed by atoms with Gasteiger partial charge in [-0.2, -0.15) is 0 Å². The van der Waals surface area contributed by atoms with Crippen molar-refractivity contribution in [2.45, 2.75) is 67.4 Å². The van der Waals surface area contributed by atoms with Gasteiger partial charge < -0.3 is 14.7 Å². The second-order valence-electron chi connectivity index (χ2n) is 8.82. The zero-order valence-corrected chi connectivity index (χ0v) is 21.2. The average molecular weight is 510 g/mol. The van der Waals surface area contributed by atoms with Gasteiger partial charge in [-0.15, -0.1) is 0 Å². The number of amides is 2. The summed E-state index contributed by atoms with van der Waals surface area (Å²) in [5.41, 5.74) is 1.08. The quantitative estimate of drug-likeness (QED) is 0.519. The molecule has 1 fully saturated rings. The molecule has 1 heterocycles. The number of carbonyl (C=O) groups is 2. The second kappa shape index (κ2) is 10.7. The Hall–Kier alpha value is -2.66. The van der Waals surface area contributed by atoms with Crippen LogP contribution in [-0.2, 0) is 21.1 Å². The molecule has 1 aliphatic rings. The lowest BCUT2D eigenvalue weighted by molar-refractivity contribution is -0.139. The third kappa shape index (κ3) is 5.69. The molecule has 0 aliphatic heterocycles. The summed E-state index contributed by atoms with van der Waals surface area (Å²) in [6, 6.07) is 7.47. The van der Waals surface area contributed by atoms with Crippen molar-refractivity contribution < 1.29 is 27.9 Å². The highest BCUT2D eigenvalue weighted by Gasteiger charge is 2.44. The van der Waals surface area contributed by atoms with E-state index in [1.807, 2.05) is 24.3 Å². The van der Waals surface area contributed by atoms with Crippen LogP contribution in [0.5, 0.6) is 5.75 Å². The van der Waals surface area contributed by atoms with E-state index < -0.39 is 20.6 Å². The summed E-state index contributed by atoms with van der Waals surface area (Å²) in [7, 11) is -2.55. The zero-order chi connectivity index (χ0) is 24.9. The first kappa shape index (κ1) is 26.0. The molecule has 2 amide bonds. The van der Waals surface area contributed by atoms with Crippen LogP contribution >= 0.6 is 11.3 Å². The lowest BCUT2D eigenvalue weighted by Gasteiger charge is -2.34. The van der Waals surface area contributed by atoms with Gasteiger partial charge in [-0.25, -0.2) is 18.2 Å². The van der Waals surface area contributed by atoms with Crippen molar-refractivity contribution in [2.75, 3.05) is 19.0 Å². The number of methoxy groups -OCH3 is 1. The fraction of sp³-hybridized carbons (Fsp3) is 0.522. The number of carboxylic acids is 1. The molecule has 186 valence electrons. The van der Waals surface area contributed by atoms with Gasteiger partial charge in [0.15, 0.2) is 9.88 Å². The molecular formula is C23H31N3O6S2. The number of hydrogen-bond donors (Lipinski definition) is 2. The molecule has 1 aromatic carbocycles. The van der Waals surface area contributed by atoms with E-state index in [1.165, 1.54) is 0 Å². The molecule has 2 aromatic rings. The number of hydrogen-bond acceptors (Lipinski definition) is 7. The highest BCUT2D eigenvalue weighted by Crippen LogP contribution is 2.32. The van der Waals surface area contributed by atoms with Crippen LogP contribution in [0.15, 0.2) is 34.7 Å². The lowest BCUT2D eigenvalue weighted by atomic mass is 9.94. The Morgan fingerprint density at radius 2 is 1.85 bits per heavy atom. The highest BCUT2D eigenvalue weighted by molar-refractivity contribution is 7.95. The Labute approximate surface area is 204 Å². The van der Waals surface area contributed by atoms with Crippen molar-refractivity contribution in [2.24, 2.45) is 0 Å². The summed E-state index contributed by atoms with van der Waals surface area (Å²) in [5.74, 6) is -0.681. The monoisotopic (exact) mass is 509 g/mol. The van der Waals surface area contributed by atoms with E-state index >= 15 is 0 Å². The van der Waals surface area contributed by atoms with Crippen LogP contribution in [0.1, 0.15) is 51.5 Å². The van der Waals surface area contributed by atoms with Crippen molar-refractivity contribution in [3.05, 3.63) is 36.0 Å². The third-order valence-electron chi connectivity index (χ3n) is 6.23. The average Bonchev–Trinajstić information content (AvgIpc) is 3.29. The normalized spacial score (nSPS) is 15.0. The SMILES string of the molecule is COc1ccc(CCN(C(=O)Nc2ncc(S(=O)(=O)C(C)(C)C(=O)O)s2)C2CCCCC2)cc1. The number of urea groups is 1. The van der Waals surface area contributed by atoms with Crippen molar-refractivity contribution in [1.82, 2.24) is 9.88 Å². The number of aliphatic carboxylic acids is 1. The molecule has 0 spiro atoms. The van der Waals surface area contributed by atoms with Crippen molar-refractivity contribution in [3.8, 4) is 5.75 Å². The predicted octanol–water partition coefficient (Wildman–Crippen LogP) is 4.20. The Morgan fingerprint density at radius 1 is 1.21 bits per heavy atom. The van der Waals surface area contributed by atoms with E-state index in [2.05, 4.69) is 10.3 Å². The number of nitrogens with one attached hydrogen (secondary N) is 1. The molecule has 0 atom stereocenters. The van der Waals surface area contributed by atoms with Gasteiger partial charge in [-0.3, -0.25) is 10.1 Å². The summed E-state index contributed by atoms with van der Waals surface area (Å²) in [4.78, 5) is 30.5. The van der Waals surface area contributed by atoms with E-state index in [1.54, 1.807) is 12.0 Å². The topological polar surface area (TPSA) is 126 Å². The molecule has 11 heteroatoms. The summed E-state index contributed by atoms with van der Waals surface area (Å²) in [5, 5.41) is 12.2. The summed E-state index contributed by atoms with van der Waals surface area (Å²) < 4.78 is 28.5. The molecule has 0 unspecified atom stereocenters. The third-order valence-corrected chi connectivity index (χ3v) is 10.00. The first-order chi connectivity index (χ1) is 16.1. The van der Waals surface area contributed by atoms with E-state index in [4.69, 9.17) is 4.74 Å². The van der Waals surface area contributed by atoms with Gasteiger partial charge in [-0.1, -0.05) is 42.7 Å². The molecule has 0 saturated heterocycles. The number of thiazole rings is 1. The predicted molar refractivity (Wildman–Crippen MR) is 130 cm³/mol. The van der Waals surface area contributed by atoms with Gasteiger partial charge in [0, 0.05) is 12.6 Å². The van der Waals surface area contributed by atoms with E-state index in [0.717, 1.165) is 74.8 Å². The van der Waals surface area contributed by atoms with Crippen LogP contribution in [-0.4, -0.2) is 59.9 Å². The van der Waals surface area contributed by atoms with E-state index in [-0.39, 0.29) is 21.4 Å². The van der Waals surface area contributed by atoms with Crippen molar-refractivity contribution in [1.29, 1.82) is 0 Å². The molecule has 34 heavy (non-hydrogen) atoms. The number of rotatable bonds is 9. The fourth-order valence-electron chi connectivity index (χ4n) is 3.86. The number of ether oxygens (including phenoxy) is 1. The van der Waals surface area contributed by atoms with E-state index in [9.17, 15) is 23.1 Å². The molecule has 0 bridgehead atoms. The van der Waals surface area contributed by atoms with Crippen molar-refractivity contribution >= 4 is 38.3 Å². The largest absolute Gasteiger partial charge is 0.497 e. The first-order valence-corrected chi connectivity index (χ1v) is 13.5. The summed E-state index contributed by atoms with van der Waals surface area (Å²) >= 11 is 0.760. The van der Waals surface area contributed by atoms with Gasteiger partial charge in [0.25, 0.3) is 0 Å². The van der Waals surface area contributed by atoms with Crippen LogP contribution < -0.4 is 10.1 Å². The van der Waals surface area contributed by atoms with Crippen LogP contribution in [0.4, 0.5) is 9.93 Å². The molecule has 9 nitrogen and oxygen atoms in total. The standard InChI is InChI=1S/C23H31N3O6S2/c1-23(2,20(27)28)34(30,31)19-15-24-21(33-19)25-22(29)26(17-7-5-4-6-8-17)14-13-16-9-11-18(32-3)12-10-16/h9-12,15,17H,4-8,13-14H2,1-3H3,(H,27,28)(H,24,25,29). The Balaban J connectivity index is 1.74. The maximum Gasteiger partial charge on any atom is 0.324 e. The van der Waals surface area contributed by atoms with Gasteiger partial charge in [0.05, 0.1) is 13.3 Å². The Kier molecular flexibility index (Phi) is 8.19. The van der Waals surface area contributed by atoms with Crippen molar-refractivity contribution in [3.63, 3.8) is 0 Å². The van der Waals surface area contributed by atoms with Crippen LogP contribution in [0.3, 0.4) is 0 Å². The molecule has 1 saturated carbocycles. The summed E-state index contributed by atoms with van der Waals surface area (Å²) in [6.45, 7) is 2.77. The number of carbonyl (C=O) groups excluding carboxylic acids is 1. The number of carboxylic acid groups (broad SMARTS) is 1. The molecule has 0 radical (unpaired) electrons. The minimum atomic E-state index is -4.16. The molecule has 1 aromatic heterocycles. The minimum Gasteiger partial charge on any atom is -0.497 e.